The average Bonchev–Trinajstić information content (AvgIpc) is 2.49. The summed E-state index contributed by atoms with van der Waals surface area (Å²) in [6.07, 6.45) is 2.06. The first-order valence-corrected chi connectivity index (χ1v) is 4.26. The Morgan fingerprint density at radius 1 is 1.54 bits per heavy atom. The van der Waals surface area contributed by atoms with E-state index in [0.717, 1.165) is 0 Å². The second-order valence-electron chi connectivity index (χ2n) is 2.52. The molecule has 0 aliphatic rings. The zero-order valence-electron chi connectivity index (χ0n) is 6.75. The van der Waals surface area contributed by atoms with Crippen molar-refractivity contribution in [2.75, 3.05) is 6.61 Å². The van der Waals surface area contributed by atoms with Gasteiger partial charge in [0.05, 0.1) is 6.61 Å². The Balaban J connectivity index is 2.55. The first-order chi connectivity index (χ1) is 6.31. The molecule has 0 radical (unpaired) electrons. The van der Waals surface area contributed by atoms with Gasteiger partial charge in [0.15, 0.2) is 5.82 Å². The summed E-state index contributed by atoms with van der Waals surface area (Å²) < 4.78 is 1.54. The summed E-state index contributed by atoms with van der Waals surface area (Å²) in [4.78, 5) is 8.10. The molecule has 5 nitrogen and oxygen atoms in total. The van der Waals surface area contributed by atoms with Crippen molar-refractivity contribution in [3.05, 3.63) is 18.1 Å². The normalized spacial score (nSPS) is 10.9. The summed E-state index contributed by atoms with van der Waals surface area (Å²) in [5.41, 5.74) is 0. The number of hydrogen-bond acceptors (Lipinski definition) is 5. The molecule has 6 heteroatoms. The van der Waals surface area contributed by atoms with Crippen molar-refractivity contribution in [2.45, 2.75) is 11.4 Å². The fourth-order valence-electron chi connectivity index (χ4n) is 1.03. The Hall–Kier alpha value is -1.14. The number of aliphatic hydroxyl groups is 1. The van der Waals surface area contributed by atoms with E-state index in [1.807, 2.05) is 0 Å². The van der Waals surface area contributed by atoms with E-state index in [-0.39, 0.29) is 6.61 Å². The largest absolute Gasteiger partial charge is 0.396 e. The van der Waals surface area contributed by atoms with Gasteiger partial charge in [-0.1, -0.05) is 0 Å². The molecular formula is C7H8N4OS. The molecule has 0 fully saturated rings. The zero-order chi connectivity index (χ0) is 9.26. The predicted molar refractivity (Wildman–Crippen MR) is 48.8 cm³/mol. The van der Waals surface area contributed by atoms with Crippen LogP contribution in [-0.4, -0.2) is 31.3 Å². The first-order valence-electron chi connectivity index (χ1n) is 3.82. The molecule has 0 aromatic carbocycles. The van der Waals surface area contributed by atoms with E-state index >= 15 is 0 Å². The molecule has 2 heterocycles. The number of aromatic nitrogens is 4. The van der Waals surface area contributed by atoms with Crippen LogP contribution in [0.3, 0.4) is 0 Å². The van der Waals surface area contributed by atoms with Gasteiger partial charge in [-0.3, -0.25) is 0 Å². The smallest absolute Gasteiger partial charge is 0.253 e. The van der Waals surface area contributed by atoms with E-state index < -0.39 is 0 Å². The molecule has 1 N–H and O–H groups in total. The van der Waals surface area contributed by atoms with Crippen molar-refractivity contribution in [3.8, 4) is 0 Å². The third-order valence-electron chi connectivity index (χ3n) is 1.60. The molecule has 2 aromatic heterocycles. The molecule has 0 amide bonds. The van der Waals surface area contributed by atoms with E-state index in [9.17, 15) is 0 Å². The zero-order valence-corrected chi connectivity index (χ0v) is 7.65. The third-order valence-corrected chi connectivity index (χ3v) is 1.94. The minimum atomic E-state index is 0.0405. The second kappa shape index (κ2) is 3.31. The molecule has 0 aliphatic carbocycles. The number of rotatable bonds is 2. The van der Waals surface area contributed by atoms with E-state index in [0.29, 0.717) is 23.0 Å². The van der Waals surface area contributed by atoms with Crippen molar-refractivity contribution in [2.24, 2.45) is 0 Å². The van der Waals surface area contributed by atoms with Crippen LogP contribution in [-0.2, 0) is 6.42 Å². The van der Waals surface area contributed by atoms with Gasteiger partial charge in [-0.25, -0.2) is 4.98 Å². The van der Waals surface area contributed by atoms with Gasteiger partial charge in [-0.15, -0.1) is 17.7 Å². The first kappa shape index (κ1) is 8.46. The summed E-state index contributed by atoms with van der Waals surface area (Å²) in [6, 6.07) is 1.73. The highest BCUT2D eigenvalue weighted by molar-refractivity contribution is 7.80. The van der Waals surface area contributed by atoms with Gasteiger partial charge in [0.25, 0.3) is 5.78 Å². The van der Waals surface area contributed by atoms with Gasteiger partial charge in [0, 0.05) is 12.6 Å². The van der Waals surface area contributed by atoms with Crippen LogP contribution < -0.4 is 0 Å². The Kier molecular flexibility index (Phi) is 2.15. The van der Waals surface area contributed by atoms with E-state index in [2.05, 4.69) is 27.7 Å². The fraction of sp³-hybridized carbons (Fsp3) is 0.286. The minimum absolute atomic E-state index is 0.0405. The van der Waals surface area contributed by atoms with Crippen LogP contribution in [0.2, 0.25) is 0 Å². The van der Waals surface area contributed by atoms with Gasteiger partial charge in [0.2, 0.25) is 0 Å². The molecule has 0 aliphatic heterocycles. The Morgan fingerprint density at radius 3 is 3.08 bits per heavy atom. The average molecular weight is 196 g/mol. The van der Waals surface area contributed by atoms with Gasteiger partial charge in [0.1, 0.15) is 5.03 Å². The van der Waals surface area contributed by atoms with Crippen molar-refractivity contribution in [1.82, 2.24) is 19.6 Å². The predicted octanol–water partition coefficient (Wildman–Crippen LogP) is -0.0522. The summed E-state index contributed by atoms with van der Waals surface area (Å²) in [7, 11) is 0. The Morgan fingerprint density at radius 2 is 2.38 bits per heavy atom. The second-order valence-corrected chi connectivity index (χ2v) is 2.97. The maximum absolute atomic E-state index is 8.69. The van der Waals surface area contributed by atoms with Crippen molar-refractivity contribution >= 4 is 18.4 Å². The van der Waals surface area contributed by atoms with Crippen LogP contribution in [0.1, 0.15) is 5.82 Å². The summed E-state index contributed by atoms with van der Waals surface area (Å²) in [5, 5.41) is 13.5. The van der Waals surface area contributed by atoms with Crippen molar-refractivity contribution in [1.29, 1.82) is 0 Å². The molecule has 68 valence electrons. The SMILES string of the molecule is OCCc1nc2nccc(S)n2n1. The lowest BCUT2D eigenvalue weighted by Crippen LogP contribution is -1.94. The van der Waals surface area contributed by atoms with E-state index in [1.165, 1.54) is 4.52 Å². The highest BCUT2D eigenvalue weighted by atomic mass is 32.1. The van der Waals surface area contributed by atoms with Crippen LogP contribution in [0.4, 0.5) is 0 Å². The highest BCUT2D eigenvalue weighted by Gasteiger charge is 2.04. The molecular weight excluding hydrogens is 188 g/mol. The Labute approximate surface area is 79.9 Å². The van der Waals surface area contributed by atoms with Crippen LogP contribution in [0.15, 0.2) is 17.3 Å². The van der Waals surface area contributed by atoms with E-state index in [1.54, 1.807) is 12.3 Å². The molecule has 0 spiro atoms. The topological polar surface area (TPSA) is 63.3 Å². The lowest BCUT2D eigenvalue weighted by Gasteiger charge is -1.92. The number of hydrogen-bond donors (Lipinski definition) is 2. The molecule has 0 atom stereocenters. The molecule has 0 saturated heterocycles. The number of aliphatic hydroxyl groups excluding tert-OH is 1. The summed E-state index contributed by atoms with van der Waals surface area (Å²) in [6.45, 7) is 0.0405. The highest BCUT2D eigenvalue weighted by Crippen LogP contribution is 2.06. The molecule has 0 unspecified atom stereocenters. The summed E-state index contributed by atoms with van der Waals surface area (Å²) in [5.74, 6) is 1.09. The number of thiol groups is 1. The van der Waals surface area contributed by atoms with Crippen LogP contribution in [0.5, 0.6) is 0 Å². The van der Waals surface area contributed by atoms with Crippen LogP contribution in [0.25, 0.3) is 5.78 Å². The van der Waals surface area contributed by atoms with Crippen LogP contribution in [0, 0.1) is 0 Å². The lowest BCUT2D eigenvalue weighted by atomic mass is 10.4. The minimum Gasteiger partial charge on any atom is -0.396 e. The molecule has 13 heavy (non-hydrogen) atoms. The maximum atomic E-state index is 8.69. The fourth-order valence-corrected chi connectivity index (χ4v) is 1.23. The monoisotopic (exact) mass is 196 g/mol. The maximum Gasteiger partial charge on any atom is 0.253 e. The molecule has 2 rings (SSSR count). The number of nitrogens with zero attached hydrogens (tertiary/aromatic N) is 4. The van der Waals surface area contributed by atoms with Crippen molar-refractivity contribution < 1.29 is 5.11 Å². The van der Waals surface area contributed by atoms with Gasteiger partial charge < -0.3 is 5.11 Å². The quantitative estimate of drug-likeness (QED) is 0.522. The Bertz CT molecular complexity index is 427. The lowest BCUT2D eigenvalue weighted by molar-refractivity contribution is 0.296. The van der Waals surface area contributed by atoms with Gasteiger partial charge in [-0.2, -0.15) is 9.50 Å². The summed E-state index contributed by atoms with van der Waals surface area (Å²) >= 11 is 4.19. The number of fused-ring (bicyclic) bond motifs is 1. The van der Waals surface area contributed by atoms with Crippen LogP contribution >= 0.6 is 12.6 Å². The standard InChI is InChI=1S/C7H8N4OS/c12-4-2-5-9-7-8-3-1-6(13)11(7)10-5/h1,3,12-13H,2,4H2. The molecule has 2 aromatic rings. The molecule has 0 bridgehead atoms. The van der Waals surface area contributed by atoms with Gasteiger partial charge in [-0.05, 0) is 6.07 Å². The van der Waals surface area contributed by atoms with E-state index in [4.69, 9.17) is 5.11 Å². The molecule has 0 saturated carbocycles. The van der Waals surface area contributed by atoms with Gasteiger partial charge >= 0.3 is 0 Å². The third kappa shape index (κ3) is 1.50. The van der Waals surface area contributed by atoms with Crippen molar-refractivity contribution in [3.63, 3.8) is 0 Å².